The molecule has 7 nitrogen and oxygen atoms in total. The minimum absolute atomic E-state index is 0.00201. The number of nitrogens with zero attached hydrogens (tertiary/aromatic N) is 1. The maximum absolute atomic E-state index is 13.3. The van der Waals surface area contributed by atoms with E-state index in [2.05, 4.69) is 33.5 Å². The van der Waals surface area contributed by atoms with Gasteiger partial charge >= 0.3 is 8.56 Å². The number of unbranched alkanes of at least 4 members (excludes halogenated alkanes) is 16. The van der Waals surface area contributed by atoms with Gasteiger partial charge in [-0.1, -0.05) is 117 Å². The minimum Gasteiger partial charge on any atom is -0.420 e. The molecule has 0 aromatic rings. The molecule has 0 aliphatic carbocycles. The lowest BCUT2D eigenvalue weighted by Gasteiger charge is -2.37. The van der Waals surface area contributed by atoms with Gasteiger partial charge in [-0.2, -0.15) is 0 Å². The second kappa shape index (κ2) is 25.1. The standard InChI is InChI=1S/C31H67NO6Si4/c1-7-9-11-13-15-17-19-21-23-26-30(33)32(31(34)27-24-22-20-18-16-14-12-10-8-2)28-25-29-42(6)37-40(4)35-39(3)36-41(5)38-42/h39-41H,7-29H2,1-6H3. The van der Waals surface area contributed by atoms with E-state index in [1.54, 1.807) is 4.90 Å². The van der Waals surface area contributed by atoms with E-state index in [0.29, 0.717) is 25.8 Å². The smallest absolute Gasteiger partial charge is 0.317 e. The Balaban J connectivity index is 2.55. The van der Waals surface area contributed by atoms with E-state index in [1.165, 1.54) is 89.9 Å². The third-order valence-corrected chi connectivity index (χ3v) is 22.2. The van der Waals surface area contributed by atoms with Gasteiger partial charge in [-0.25, -0.2) is 0 Å². The zero-order chi connectivity index (χ0) is 31.1. The van der Waals surface area contributed by atoms with Crippen molar-refractivity contribution in [2.75, 3.05) is 6.54 Å². The number of hydrogen-bond acceptors (Lipinski definition) is 6. The maximum Gasteiger partial charge on any atom is 0.317 e. The quantitative estimate of drug-likeness (QED) is 0.0766. The first-order chi connectivity index (χ1) is 20.2. The molecule has 1 heterocycles. The molecule has 1 aliphatic rings. The molecule has 1 rings (SSSR count). The van der Waals surface area contributed by atoms with E-state index < -0.39 is 36.4 Å². The lowest BCUT2D eigenvalue weighted by atomic mass is 10.1. The second-order valence-electron chi connectivity index (χ2n) is 12.5. The van der Waals surface area contributed by atoms with Gasteiger partial charge in [0.05, 0.1) is 0 Å². The Bertz CT molecular complexity index is 656. The SMILES string of the molecule is CCCCCCCCCCCC(=O)N(CCC[Si]1(C)O[SiH](C)O[SiH](C)O[SiH](C)O1)C(=O)CCCCCCCCCCC. The van der Waals surface area contributed by atoms with Crippen LogP contribution in [0.1, 0.15) is 149 Å². The van der Waals surface area contributed by atoms with E-state index in [1.807, 2.05) is 6.55 Å². The highest BCUT2D eigenvalue weighted by molar-refractivity contribution is 6.81. The van der Waals surface area contributed by atoms with Gasteiger partial charge in [-0.05, 0) is 51.5 Å². The van der Waals surface area contributed by atoms with Gasteiger partial charge in [-0.3, -0.25) is 14.5 Å². The Morgan fingerprint density at radius 2 is 0.905 bits per heavy atom. The molecule has 0 bridgehead atoms. The highest BCUT2D eigenvalue weighted by atomic mass is 28.5. The molecule has 42 heavy (non-hydrogen) atoms. The van der Waals surface area contributed by atoms with Crippen LogP contribution in [0.25, 0.3) is 0 Å². The van der Waals surface area contributed by atoms with Gasteiger partial charge in [0.2, 0.25) is 11.8 Å². The van der Waals surface area contributed by atoms with Crippen LogP contribution < -0.4 is 0 Å². The summed E-state index contributed by atoms with van der Waals surface area (Å²) in [6.45, 7) is 13.2. The van der Waals surface area contributed by atoms with Crippen LogP contribution in [0.4, 0.5) is 0 Å². The van der Waals surface area contributed by atoms with Crippen molar-refractivity contribution in [3.05, 3.63) is 0 Å². The average molecular weight is 662 g/mol. The Hall–Kier alpha value is -0.152. The van der Waals surface area contributed by atoms with Crippen LogP contribution >= 0.6 is 0 Å². The van der Waals surface area contributed by atoms with Gasteiger partial charge in [0.1, 0.15) is 0 Å². The average Bonchev–Trinajstić information content (AvgIpc) is 2.92. The normalized spacial score (nSPS) is 23.0. The third-order valence-electron chi connectivity index (χ3n) is 8.20. The molecule has 0 spiro atoms. The van der Waals surface area contributed by atoms with Crippen LogP contribution in [0, 0.1) is 0 Å². The van der Waals surface area contributed by atoms with E-state index in [-0.39, 0.29) is 11.8 Å². The fourth-order valence-corrected chi connectivity index (χ4v) is 20.5. The zero-order valence-corrected chi connectivity index (χ0v) is 32.9. The molecule has 248 valence electrons. The van der Waals surface area contributed by atoms with E-state index in [0.717, 1.165) is 31.7 Å². The zero-order valence-electron chi connectivity index (χ0n) is 28.4. The molecular formula is C31H67NO6Si4. The number of rotatable bonds is 24. The lowest BCUT2D eigenvalue weighted by molar-refractivity contribution is -0.145. The Labute approximate surface area is 266 Å². The Morgan fingerprint density at radius 3 is 1.29 bits per heavy atom. The second-order valence-corrected chi connectivity index (χ2v) is 22.8. The topological polar surface area (TPSA) is 74.3 Å². The van der Waals surface area contributed by atoms with Crippen molar-refractivity contribution in [3.8, 4) is 0 Å². The van der Waals surface area contributed by atoms with Crippen molar-refractivity contribution < 1.29 is 26.0 Å². The molecule has 0 aromatic carbocycles. The molecular weight excluding hydrogens is 595 g/mol. The van der Waals surface area contributed by atoms with Crippen LogP contribution in [-0.2, 0) is 26.0 Å². The first-order valence-corrected chi connectivity index (χ1v) is 26.5. The van der Waals surface area contributed by atoms with E-state index >= 15 is 0 Å². The van der Waals surface area contributed by atoms with Gasteiger partial charge in [0.15, 0.2) is 0 Å². The van der Waals surface area contributed by atoms with Gasteiger partial charge in [0.25, 0.3) is 27.9 Å². The molecule has 0 saturated carbocycles. The lowest BCUT2D eigenvalue weighted by Crippen LogP contribution is -2.53. The molecule has 2 unspecified atom stereocenters. The van der Waals surface area contributed by atoms with Crippen molar-refractivity contribution in [1.29, 1.82) is 0 Å². The summed E-state index contributed by atoms with van der Waals surface area (Å²) >= 11 is 0. The number of hydrogen-bond donors (Lipinski definition) is 0. The van der Waals surface area contributed by atoms with Crippen molar-refractivity contribution in [3.63, 3.8) is 0 Å². The summed E-state index contributed by atoms with van der Waals surface area (Å²) in [6.07, 6.45) is 23.6. The van der Waals surface area contributed by atoms with Crippen LogP contribution in [-0.4, -0.2) is 59.7 Å². The summed E-state index contributed by atoms with van der Waals surface area (Å²) < 4.78 is 25.0. The Morgan fingerprint density at radius 1 is 0.548 bits per heavy atom. The van der Waals surface area contributed by atoms with Crippen LogP contribution in [0.15, 0.2) is 0 Å². The fourth-order valence-electron chi connectivity index (χ4n) is 5.87. The molecule has 0 aromatic heterocycles. The predicted octanol–water partition coefficient (Wildman–Crippen LogP) is 8.28. The molecule has 2 atom stereocenters. The largest absolute Gasteiger partial charge is 0.420 e. The van der Waals surface area contributed by atoms with Crippen LogP contribution in [0.5, 0.6) is 0 Å². The first kappa shape index (κ1) is 39.9. The van der Waals surface area contributed by atoms with E-state index in [4.69, 9.17) is 16.5 Å². The molecule has 0 N–H and O–H groups in total. The number of carbonyl (C=O) groups excluding carboxylic acids is 2. The Kier molecular flexibility index (Phi) is 23.8. The van der Waals surface area contributed by atoms with Gasteiger partial charge < -0.3 is 16.5 Å². The first-order valence-electron chi connectivity index (χ1n) is 17.7. The predicted molar refractivity (Wildman–Crippen MR) is 185 cm³/mol. The van der Waals surface area contributed by atoms with E-state index in [9.17, 15) is 9.59 Å². The summed E-state index contributed by atoms with van der Waals surface area (Å²) in [5.41, 5.74) is 0. The fraction of sp³-hybridized carbons (Fsp3) is 0.935. The summed E-state index contributed by atoms with van der Waals surface area (Å²) in [5, 5.41) is 0. The van der Waals surface area contributed by atoms with Crippen molar-refractivity contribution in [1.82, 2.24) is 4.90 Å². The van der Waals surface area contributed by atoms with Gasteiger partial charge in [0, 0.05) is 19.4 Å². The van der Waals surface area contributed by atoms with Crippen molar-refractivity contribution in [2.24, 2.45) is 0 Å². The maximum atomic E-state index is 13.3. The van der Waals surface area contributed by atoms with Crippen LogP contribution in [0.3, 0.4) is 0 Å². The summed E-state index contributed by atoms with van der Waals surface area (Å²) in [7, 11) is -7.75. The number of amides is 2. The van der Waals surface area contributed by atoms with Crippen molar-refractivity contribution >= 4 is 48.2 Å². The number of carbonyl (C=O) groups is 2. The molecule has 1 fully saturated rings. The summed E-state index contributed by atoms with van der Waals surface area (Å²) in [5.74, 6) is 0.00402. The monoisotopic (exact) mass is 661 g/mol. The molecule has 1 saturated heterocycles. The minimum atomic E-state index is -2.47. The summed E-state index contributed by atoms with van der Waals surface area (Å²) in [4.78, 5) is 28.1. The highest BCUT2D eigenvalue weighted by Crippen LogP contribution is 2.23. The molecule has 2 amide bonds. The number of imide groups is 1. The third kappa shape index (κ3) is 20.0. The van der Waals surface area contributed by atoms with Crippen LogP contribution in [0.2, 0.25) is 32.2 Å². The highest BCUT2D eigenvalue weighted by Gasteiger charge is 2.39. The summed E-state index contributed by atoms with van der Waals surface area (Å²) in [6, 6.07) is 0.747. The van der Waals surface area contributed by atoms with Crippen molar-refractivity contribution in [2.45, 2.75) is 181 Å². The molecule has 0 radical (unpaired) electrons. The molecule has 11 heteroatoms. The van der Waals surface area contributed by atoms with Gasteiger partial charge in [-0.15, -0.1) is 0 Å². The molecule has 1 aliphatic heterocycles.